The third-order valence-electron chi connectivity index (χ3n) is 4.74. The van der Waals surface area contributed by atoms with E-state index < -0.39 is 0 Å². The van der Waals surface area contributed by atoms with E-state index in [2.05, 4.69) is 41.3 Å². The molecule has 0 unspecified atom stereocenters. The fraction of sp³-hybridized carbons (Fsp3) is 0.429. The average Bonchev–Trinajstić information content (AvgIpc) is 2.62. The third-order valence-corrected chi connectivity index (χ3v) is 4.74. The summed E-state index contributed by atoms with van der Waals surface area (Å²) >= 11 is 0. The van der Waals surface area contributed by atoms with Gasteiger partial charge in [-0.25, -0.2) is 9.78 Å². The Morgan fingerprint density at radius 1 is 1.15 bits per heavy atom. The van der Waals surface area contributed by atoms with E-state index in [1.54, 1.807) is 18.3 Å². The van der Waals surface area contributed by atoms with Crippen LogP contribution in [-0.2, 0) is 0 Å². The number of likely N-dealkylation sites (tertiary alicyclic amines) is 1. The lowest BCUT2D eigenvalue weighted by atomic mass is 9.98. The number of nitrogens with zero attached hydrogens (tertiary/aromatic N) is 2. The monoisotopic (exact) mass is 368 g/mol. The van der Waals surface area contributed by atoms with Gasteiger partial charge in [0.25, 0.3) is 0 Å². The third kappa shape index (κ3) is 5.69. The number of pyridine rings is 1. The normalized spacial score (nSPS) is 16.0. The molecule has 1 saturated heterocycles. The number of amides is 2. The molecule has 1 aliphatic heterocycles. The van der Waals surface area contributed by atoms with E-state index >= 15 is 0 Å². The van der Waals surface area contributed by atoms with Gasteiger partial charge in [-0.15, -0.1) is 0 Å². The van der Waals surface area contributed by atoms with Gasteiger partial charge in [-0.05, 0) is 51.8 Å². The molecule has 3 rings (SSSR count). The summed E-state index contributed by atoms with van der Waals surface area (Å²) in [5.41, 5.74) is 0.833. The number of urea groups is 1. The molecule has 27 heavy (non-hydrogen) atoms. The first-order valence-corrected chi connectivity index (χ1v) is 9.42. The quantitative estimate of drug-likeness (QED) is 0.846. The Bertz CT molecular complexity index is 750. The van der Waals surface area contributed by atoms with Crippen molar-refractivity contribution in [3.8, 4) is 11.6 Å². The fourth-order valence-corrected chi connectivity index (χ4v) is 3.20. The summed E-state index contributed by atoms with van der Waals surface area (Å²) in [6.45, 7) is 8.68. The standard InChI is InChI=1S/C21H28N4O2/c1-21(2,3)25-13-10-16(11-14-25)23-20(26)24-17-9-12-22-19(15-17)27-18-7-5-4-6-8-18/h4-9,12,15-16H,10-11,13-14H2,1-3H3,(H2,22,23,24,26). The van der Waals surface area contributed by atoms with E-state index in [0.29, 0.717) is 17.3 Å². The summed E-state index contributed by atoms with van der Waals surface area (Å²) in [5, 5.41) is 5.94. The summed E-state index contributed by atoms with van der Waals surface area (Å²) < 4.78 is 5.71. The summed E-state index contributed by atoms with van der Waals surface area (Å²) in [4.78, 5) is 19.0. The fourth-order valence-electron chi connectivity index (χ4n) is 3.20. The molecule has 0 atom stereocenters. The number of hydrogen-bond donors (Lipinski definition) is 2. The maximum atomic E-state index is 12.3. The Labute approximate surface area is 160 Å². The molecule has 144 valence electrons. The molecule has 0 radical (unpaired) electrons. The molecule has 1 fully saturated rings. The van der Waals surface area contributed by atoms with Crippen molar-refractivity contribution in [2.75, 3.05) is 18.4 Å². The molecule has 1 aliphatic rings. The van der Waals surface area contributed by atoms with Gasteiger partial charge in [-0.3, -0.25) is 4.90 Å². The first kappa shape index (κ1) is 19.2. The van der Waals surface area contributed by atoms with Crippen molar-refractivity contribution in [2.45, 2.75) is 45.2 Å². The summed E-state index contributed by atoms with van der Waals surface area (Å²) in [7, 11) is 0. The number of benzene rings is 1. The number of para-hydroxylation sites is 1. The van der Waals surface area contributed by atoms with Crippen LogP contribution in [0.1, 0.15) is 33.6 Å². The number of carbonyl (C=O) groups is 1. The minimum Gasteiger partial charge on any atom is -0.439 e. The molecule has 6 heteroatoms. The van der Waals surface area contributed by atoms with Crippen LogP contribution in [0, 0.1) is 0 Å². The highest BCUT2D eigenvalue weighted by Crippen LogP contribution is 2.22. The molecular formula is C21H28N4O2. The molecule has 6 nitrogen and oxygen atoms in total. The Morgan fingerprint density at radius 3 is 2.52 bits per heavy atom. The van der Waals surface area contributed by atoms with E-state index in [4.69, 9.17) is 4.74 Å². The van der Waals surface area contributed by atoms with Crippen LogP contribution in [0.5, 0.6) is 11.6 Å². The van der Waals surface area contributed by atoms with Crippen LogP contribution in [0.4, 0.5) is 10.5 Å². The Morgan fingerprint density at radius 2 is 1.85 bits per heavy atom. The molecule has 1 aromatic carbocycles. The van der Waals surface area contributed by atoms with Gasteiger partial charge in [0.05, 0.1) is 0 Å². The van der Waals surface area contributed by atoms with Crippen LogP contribution >= 0.6 is 0 Å². The number of aromatic nitrogens is 1. The van der Waals surface area contributed by atoms with Gasteiger partial charge in [0.2, 0.25) is 5.88 Å². The highest BCUT2D eigenvalue weighted by molar-refractivity contribution is 5.89. The maximum Gasteiger partial charge on any atom is 0.319 e. The molecule has 0 aliphatic carbocycles. The van der Waals surface area contributed by atoms with Crippen molar-refractivity contribution in [1.82, 2.24) is 15.2 Å². The van der Waals surface area contributed by atoms with Gasteiger partial charge in [0, 0.05) is 42.6 Å². The Balaban J connectivity index is 1.50. The van der Waals surface area contributed by atoms with Gasteiger partial charge in [0.1, 0.15) is 5.75 Å². The average molecular weight is 368 g/mol. The smallest absolute Gasteiger partial charge is 0.319 e. The Kier molecular flexibility index (Phi) is 5.96. The predicted octanol–water partition coefficient (Wildman–Crippen LogP) is 4.26. The zero-order valence-electron chi connectivity index (χ0n) is 16.2. The van der Waals surface area contributed by atoms with Crippen molar-refractivity contribution >= 4 is 11.7 Å². The first-order chi connectivity index (χ1) is 12.9. The van der Waals surface area contributed by atoms with Gasteiger partial charge in [-0.1, -0.05) is 18.2 Å². The van der Waals surface area contributed by atoms with Gasteiger partial charge < -0.3 is 15.4 Å². The minimum atomic E-state index is -0.193. The number of piperidine rings is 1. The van der Waals surface area contributed by atoms with Crippen LogP contribution in [0.15, 0.2) is 48.7 Å². The SMILES string of the molecule is CC(C)(C)N1CCC(NC(=O)Nc2ccnc(Oc3ccccc3)c2)CC1. The molecule has 0 saturated carbocycles. The summed E-state index contributed by atoms with van der Waals surface area (Å²) in [6, 6.07) is 12.9. The van der Waals surface area contributed by atoms with Gasteiger partial charge in [-0.2, -0.15) is 0 Å². The lowest BCUT2D eigenvalue weighted by molar-refractivity contribution is 0.0983. The second-order valence-corrected chi connectivity index (χ2v) is 7.83. The predicted molar refractivity (Wildman–Crippen MR) is 107 cm³/mol. The topological polar surface area (TPSA) is 66.5 Å². The maximum absolute atomic E-state index is 12.3. The van der Waals surface area contributed by atoms with Crippen molar-refractivity contribution in [2.24, 2.45) is 0 Å². The zero-order valence-corrected chi connectivity index (χ0v) is 16.2. The summed E-state index contributed by atoms with van der Waals surface area (Å²) in [5.74, 6) is 1.15. The van der Waals surface area contributed by atoms with Crippen molar-refractivity contribution in [3.05, 3.63) is 48.7 Å². The first-order valence-electron chi connectivity index (χ1n) is 9.42. The Hall–Kier alpha value is -2.60. The van der Waals surface area contributed by atoms with Crippen molar-refractivity contribution in [3.63, 3.8) is 0 Å². The largest absolute Gasteiger partial charge is 0.439 e. The lowest BCUT2D eigenvalue weighted by Gasteiger charge is -2.40. The molecule has 1 aromatic heterocycles. The number of rotatable bonds is 4. The highest BCUT2D eigenvalue weighted by Gasteiger charge is 2.27. The van der Waals surface area contributed by atoms with E-state index in [1.807, 2.05) is 30.3 Å². The minimum absolute atomic E-state index is 0.180. The molecule has 2 aromatic rings. The number of hydrogen-bond acceptors (Lipinski definition) is 4. The highest BCUT2D eigenvalue weighted by atomic mass is 16.5. The van der Waals surface area contributed by atoms with E-state index in [-0.39, 0.29) is 17.6 Å². The van der Waals surface area contributed by atoms with Crippen LogP contribution in [0.3, 0.4) is 0 Å². The molecule has 2 heterocycles. The molecule has 0 spiro atoms. The second-order valence-electron chi connectivity index (χ2n) is 7.83. The van der Waals surface area contributed by atoms with Gasteiger partial charge >= 0.3 is 6.03 Å². The van der Waals surface area contributed by atoms with Crippen molar-refractivity contribution < 1.29 is 9.53 Å². The van der Waals surface area contributed by atoms with E-state index in [0.717, 1.165) is 25.9 Å². The van der Waals surface area contributed by atoms with Crippen molar-refractivity contribution in [1.29, 1.82) is 0 Å². The summed E-state index contributed by atoms with van der Waals surface area (Å²) in [6.07, 6.45) is 3.54. The number of anilines is 1. The lowest BCUT2D eigenvalue weighted by Crippen LogP contribution is -2.51. The van der Waals surface area contributed by atoms with Crippen LogP contribution in [0.2, 0.25) is 0 Å². The van der Waals surface area contributed by atoms with E-state index in [1.165, 1.54) is 0 Å². The molecular weight excluding hydrogens is 340 g/mol. The molecule has 0 bridgehead atoms. The number of ether oxygens (including phenoxy) is 1. The second kappa shape index (κ2) is 8.39. The number of nitrogens with one attached hydrogen (secondary N) is 2. The zero-order chi connectivity index (χ0) is 19.3. The molecule has 2 amide bonds. The van der Waals surface area contributed by atoms with Crippen LogP contribution in [-0.4, -0.2) is 40.6 Å². The van der Waals surface area contributed by atoms with Crippen LogP contribution in [0.25, 0.3) is 0 Å². The molecule has 2 N–H and O–H groups in total. The van der Waals surface area contributed by atoms with Crippen LogP contribution < -0.4 is 15.4 Å². The van der Waals surface area contributed by atoms with Gasteiger partial charge in [0.15, 0.2) is 0 Å². The number of carbonyl (C=O) groups excluding carboxylic acids is 1. The van der Waals surface area contributed by atoms with E-state index in [9.17, 15) is 4.79 Å².